The van der Waals surface area contributed by atoms with Crippen LogP contribution in [0.15, 0.2) is 24.3 Å². The van der Waals surface area contributed by atoms with Crippen molar-refractivity contribution in [2.24, 2.45) is 5.92 Å². The molecular weight excluding hydrogens is 270 g/mol. The zero-order valence-electron chi connectivity index (χ0n) is 14.4. The zero-order valence-corrected chi connectivity index (χ0v) is 14.4. The molecule has 1 aliphatic carbocycles. The Morgan fingerprint density at radius 1 is 1.09 bits per heavy atom. The number of benzene rings is 1. The Balaban J connectivity index is 2.01. The summed E-state index contributed by atoms with van der Waals surface area (Å²) in [7, 11) is 4.28. The van der Waals surface area contributed by atoms with Gasteiger partial charge in [0.05, 0.1) is 11.4 Å². The molecule has 121 valence electrons. The lowest BCUT2D eigenvalue weighted by atomic mass is 9.87. The van der Waals surface area contributed by atoms with Crippen molar-refractivity contribution in [3.8, 4) is 0 Å². The summed E-state index contributed by atoms with van der Waals surface area (Å²) in [5.41, 5.74) is 2.72. The number of anilines is 2. The minimum absolute atomic E-state index is 0.0529. The Bertz CT molecular complexity index is 485. The Labute approximate surface area is 135 Å². The van der Waals surface area contributed by atoms with Crippen LogP contribution in [0.2, 0.25) is 0 Å². The molecule has 0 N–H and O–H groups in total. The first kappa shape index (κ1) is 15.7. The van der Waals surface area contributed by atoms with Crippen LogP contribution in [0.3, 0.4) is 0 Å². The molecule has 1 heterocycles. The molecule has 1 saturated heterocycles. The quantitative estimate of drug-likeness (QED) is 0.823. The van der Waals surface area contributed by atoms with Gasteiger partial charge < -0.3 is 9.80 Å². The fourth-order valence-corrected chi connectivity index (χ4v) is 4.58. The number of para-hydroxylation sites is 2. The summed E-state index contributed by atoms with van der Waals surface area (Å²) in [4.78, 5) is 4.85. The summed E-state index contributed by atoms with van der Waals surface area (Å²) < 4.78 is 0. The fourth-order valence-electron chi connectivity index (χ4n) is 4.58. The molecule has 1 unspecified atom stereocenters. The Kier molecular flexibility index (Phi) is 4.62. The molecule has 3 nitrogen and oxygen atoms in total. The van der Waals surface area contributed by atoms with Crippen molar-refractivity contribution in [1.29, 1.82) is 0 Å². The smallest absolute Gasteiger partial charge is 0.109 e. The van der Waals surface area contributed by atoms with E-state index in [0.717, 1.165) is 19.0 Å². The molecule has 2 fully saturated rings. The average molecular weight is 300 g/mol. The fraction of sp³-hybridized carbons (Fsp3) is 0.684. The van der Waals surface area contributed by atoms with Gasteiger partial charge in [0.2, 0.25) is 0 Å². The molecular formula is C19H30N3. The molecule has 1 saturated carbocycles. The van der Waals surface area contributed by atoms with Crippen LogP contribution in [-0.2, 0) is 0 Å². The van der Waals surface area contributed by atoms with Crippen LogP contribution in [0, 0.1) is 5.92 Å². The van der Waals surface area contributed by atoms with Crippen LogP contribution < -0.4 is 15.1 Å². The lowest BCUT2D eigenvalue weighted by molar-refractivity contribution is 0.225. The average Bonchev–Trinajstić information content (AvgIpc) is 3.20. The summed E-state index contributed by atoms with van der Waals surface area (Å²) >= 11 is 0. The summed E-state index contributed by atoms with van der Waals surface area (Å²) in [5, 5.41) is 5.20. The Morgan fingerprint density at radius 2 is 1.77 bits per heavy atom. The van der Waals surface area contributed by atoms with Crippen LogP contribution in [0.1, 0.15) is 45.4 Å². The largest absolute Gasteiger partial charge is 0.376 e. The number of nitrogens with zero attached hydrogens (tertiary/aromatic N) is 3. The first-order valence-corrected chi connectivity index (χ1v) is 8.91. The molecule has 0 bridgehead atoms. The van der Waals surface area contributed by atoms with E-state index in [2.05, 4.69) is 55.1 Å². The molecule has 1 radical (unpaired) electrons. The van der Waals surface area contributed by atoms with Gasteiger partial charge in [0.25, 0.3) is 0 Å². The summed E-state index contributed by atoms with van der Waals surface area (Å²) in [6.07, 6.45) is 7.95. The van der Waals surface area contributed by atoms with Crippen LogP contribution in [0.25, 0.3) is 0 Å². The third kappa shape index (κ3) is 2.60. The maximum absolute atomic E-state index is 5.20. The van der Waals surface area contributed by atoms with Crippen LogP contribution >= 0.6 is 0 Å². The van der Waals surface area contributed by atoms with E-state index in [9.17, 15) is 0 Å². The highest BCUT2D eigenvalue weighted by atomic mass is 15.4. The Hall–Kier alpha value is -1.22. The number of hydrogen-bond donors (Lipinski definition) is 0. The molecule has 1 aromatic carbocycles. The van der Waals surface area contributed by atoms with Crippen molar-refractivity contribution in [3.05, 3.63) is 24.3 Å². The van der Waals surface area contributed by atoms with Crippen LogP contribution in [-0.4, -0.2) is 32.8 Å². The third-order valence-electron chi connectivity index (χ3n) is 5.54. The minimum Gasteiger partial charge on any atom is -0.376 e. The van der Waals surface area contributed by atoms with Gasteiger partial charge in [-0.3, -0.25) is 0 Å². The molecule has 1 aromatic rings. The maximum atomic E-state index is 5.20. The number of rotatable bonds is 5. The van der Waals surface area contributed by atoms with Crippen molar-refractivity contribution in [2.45, 2.75) is 51.1 Å². The van der Waals surface area contributed by atoms with Crippen molar-refractivity contribution >= 4 is 11.4 Å². The third-order valence-corrected chi connectivity index (χ3v) is 5.54. The van der Waals surface area contributed by atoms with E-state index in [4.69, 9.17) is 5.32 Å². The van der Waals surface area contributed by atoms with Gasteiger partial charge in [-0.15, -0.1) is 0 Å². The van der Waals surface area contributed by atoms with Crippen molar-refractivity contribution in [1.82, 2.24) is 5.32 Å². The monoisotopic (exact) mass is 300 g/mol. The highest BCUT2D eigenvalue weighted by molar-refractivity contribution is 5.72. The molecule has 0 aromatic heterocycles. The van der Waals surface area contributed by atoms with Gasteiger partial charge in [-0.2, -0.15) is 0 Å². The molecule has 0 spiro atoms. The maximum Gasteiger partial charge on any atom is 0.109 e. The lowest BCUT2D eigenvalue weighted by Gasteiger charge is -2.47. The van der Waals surface area contributed by atoms with Gasteiger partial charge in [-0.1, -0.05) is 25.0 Å². The van der Waals surface area contributed by atoms with Gasteiger partial charge >= 0.3 is 0 Å². The van der Waals surface area contributed by atoms with Gasteiger partial charge in [0.1, 0.15) is 5.66 Å². The van der Waals surface area contributed by atoms with Crippen molar-refractivity contribution in [3.63, 3.8) is 0 Å². The molecule has 3 rings (SSSR count). The van der Waals surface area contributed by atoms with Gasteiger partial charge in [0.15, 0.2) is 0 Å². The first-order valence-electron chi connectivity index (χ1n) is 8.91. The minimum atomic E-state index is 0.0529. The number of hydrogen-bond acceptors (Lipinski definition) is 2. The molecule has 0 amide bonds. The van der Waals surface area contributed by atoms with Gasteiger partial charge in [-0.25, -0.2) is 5.32 Å². The van der Waals surface area contributed by atoms with Gasteiger partial charge in [-0.05, 0) is 50.7 Å². The molecule has 1 atom stereocenters. The molecule has 22 heavy (non-hydrogen) atoms. The Morgan fingerprint density at radius 3 is 2.32 bits per heavy atom. The molecule has 2 aliphatic rings. The van der Waals surface area contributed by atoms with E-state index in [1.165, 1.54) is 49.9 Å². The SMILES string of the molecule is CCN(c1ccccc1N(C)C)C1(C2CCCC2)CCC[N]1. The second-order valence-electron chi connectivity index (χ2n) is 6.97. The van der Waals surface area contributed by atoms with E-state index in [0.29, 0.717) is 0 Å². The van der Waals surface area contributed by atoms with Crippen LogP contribution in [0.5, 0.6) is 0 Å². The predicted octanol–water partition coefficient (Wildman–Crippen LogP) is 3.86. The van der Waals surface area contributed by atoms with E-state index in [-0.39, 0.29) is 5.66 Å². The highest BCUT2D eigenvalue weighted by Gasteiger charge is 2.47. The standard InChI is InChI=1S/C19H30N3/c1-4-22(18-13-8-7-12-17(18)21(2)3)19(14-9-15-20-19)16-10-5-6-11-16/h7-8,12-13,16H,4-6,9-11,14-15H2,1-3H3. The lowest BCUT2D eigenvalue weighted by Crippen LogP contribution is -2.57. The highest BCUT2D eigenvalue weighted by Crippen LogP contribution is 2.45. The second kappa shape index (κ2) is 6.49. The van der Waals surface area contributed by atoms with E-state index in [1.807, 2.05) is 0 Å². The van der Waals surface area contributed by atoms with E-state index >= 15 is 0 Å². The normalized spacial score (nSPS) is 25.6. The molecule has 1 aliphatic heterocycles. The zero-order chi connectivity index (χ0) is 15.6. The van der Waals surface area contributed by atoms with Gasteiger partial charge in [0, 0.05) is 27.2 Å². The predicted molar refractivity (Wildman–Crippen MR) is 94.7 cm³/mol. The van der Waals surface area contributed by atoms with E-state index < -0.39 is 0 Å². The summed E-state index contributed by atoms with van der Waals surface area (Å²) in [6.45, 7) is 4.36. The van der Waals surface area contributed by atoms with Crippen molar-refractivity contribution < 1.29 is 0 Å². The van der Waals surface area contributed by atoms with E-state index in [1.54, 1.807) is 0 Å². The molecule has 3 heteroatoms. The van der Waals surface area contributed by atoms with Crippen LogP contribution in [0.4, 0.5) is 11.4 Å². The first-order chi connectivity index (χ1) is 10.7. The summed E-state index contributed by atoms with van der Waals surface area (Å²) in [5.74, 6) is 0.741. The topological polar surface area (TPSA) is 20.6 Å². The second-order valence-corrected chi connectivity index (χ2v) is 6.97. The summed E-state index contributed by atoms with van der Waals surface area (Å²) in [6, 6.07) is 8.82. The van der Waals surface area contributed by atoms with Crippen molar-refractivity contribution in [2.75, 3.05) is 37.0 Å².